The van der Waals surface area contributed by atoms with E-state index < -0.39 is 18.7 Å². The van der Waals surface area contributed by atoms with Crippen LogP contribution >= 0.6 is 0 Å². The highest BCUT2D eigenvalue weighted by molar-refractivity contribution is 5.94. The van der Waals surface area contributed by atoms with Crippen molar-refractivity contribution in [2.24, 2.45) is 11.7 Å². The molecule has 0 bridgehead atoms. The lowest BCUT2D eigenvalue weighted by molar-refractivity contribution is -0.154. The molecule has 0 spiro atoms. The van der Waals surface area contributed by atoms with E-state index in [9.17, 15) is 22.8 Å². The number of carbonyl (C=O) groups is 2. The van der Waals surface area contributed by atoms with Crippen molar-refractivity contribution >= 4 is 11.8 Å². The molecule has 0 unspecified atom stereocenters. The topological polar surface area (TPSA) is 85.5 Å². The summed E-state index contributed by atoms with van der Waals surface area (Å²) in [4.78, 5) is 28.4. The Morgan fingerprint density at radius 3 is 2.64 bits per heavy atom. The van der Waals surface area contributed by atoms with Gasteiger partial charge in [0.25, 0.3) is 5.91 Å². The summed E-state index contributed by atoms with van der Waals surface area (Å²) in [6.07, 6.45) is -2.80. The van der Waals surface area contributed by atoms with E-state index in [0.717, 1.165) is 6.20 Å². The Kier molecular flexibility index (Phi) is 4.53. The zero-order valence-corrected chi connectivity index (χ0v) is 11.5. The van der Waals surface area contributed by atoms with Crippen LogP contribution in [-0.2, 0) is 4.79 Å². The normalized spacial score (nSPS) is 18.3. The van der Waals surface area contributed by atoms with Crippen LogP contribution in [-0.4, -0.2) is 47.6 Å². The molecule has 9 heteroatoms. The van der Waals surface area contributed by atoms with Crippen molar-refractivity contribution in [3.8, 4) is 5.88 Å². The number of hydrogen-bond acceptors (Lipinski definition) is 4. The lowest BCUT2D eigenvalue weighted by atomic mass is 10.1. The molecule has 0 saturated carbocycles. The minimum absolute atomic E-state index is 0.212. The van der Waals surface area contributed by atoms with Crippen LogP contribution in [0.25, 0.3) is 0 Å². The second-order valence-corrected chi connectivity index (χ2v) is 4.93. The summed E-state index contributed by atoms with van der Waals surface area (Å²) in [5.74, 6) is -1.39. The number of likely N-dealkylation sites (tertiary alicyclic amines) is 1. The molecule has 1 fully saturated rings. The number of halogens is 3. The molecule has 22 heavy (non-hydrogen) atoms. The van der Waals surface area contributed by atoms with Crippen LogP contribution in [0, 0.1) is 5.92 Å². The molecular weight excluding hydrogens is 303 g/mol. The van der Waals surface area contributed by atoms with Gasteiger partial charge in [-0.3, -0.25) is 9.59 Å². The van der Waals surface area contributed by atoms with E-state index in [4.69, 9.17) is 5.73 Å². The van der Waals surface area contributed by atoms with Crippen LogP contribution in [0.1, 0.15) is 16.8 Å². The molecule has 2 heterocycles. The van der Waals surface area contributed by atoms with Gasteiger partial charge >= 0.3 is 6.18 Å². The fraction of sp³-hybridized carbons (Fsp3) is 0.462. The summed E-state index contributed by atoms with van der Waals surface area (Å²) in [5.41, 5.74) is 5.40. The molecule has 1 aliphatic rings. The molecule has 2 rings (SSSR count). The van der Waals surface area contributed by atoms with Crippen LogP contribution < -0.4 is 10.5 Å². The molecule has 2 amide bonds. The highest BCUT2D eigenvalue weighted by Crippen LogP contribution is 2.20. The third kappa shape index (κ3) is 4.09. The van der Waals surface area contributed by atoms with Gasteiger partial charge in [0.05, 0.1) is 11.5 Å². The second-order valence-electron chi connectivity index (χ2n) is 4.93. The first kappa shape index (κ1) is 16.1. The fourth-order valence-electron chi connectivity index (χ4n) is 2.11. The van der Waals surface area contributed by atoms with Crippen LogP contribution in [0.15, 0.2) is 18.3 Å². The zero-order chi connectivity index (χ0) is 16.3. The number of ether oxygens (including phenoxy) is 1. The number of amides is 2. The van der Waals surface area contributed by atoms with E-state index in [0.29, 0.717) is 13.0 Å². The molecule has 0 radical (unpaired) electrons. The van der Waals surface area contributed by atoms with E-state index in [1.54, 1.807) is 0 Å². The third-order valence-corrected chi connectivity index (χ3v) is 3.24. The van der Waals surface area contributed by atoms with Gasteiger partial charge in [0.15, 0.2) is 6.61 Å². The lowest BCUT2D eigenvalue weighted by Gasteiger charge is -2.16. The number of nitrogens with two attached hydrogens (primary N) is 1. The van der Waals surface area contributed by atoms with Crippen molar-refractivity contribution in [2.45, 2.75) is 12.6 Å². The molecule has 1 aromatic rings. The standard InChI is InChI=1S/C13H14F3N3O3/c14-13(15,16)7-22-10-2-1-8(5-18-10)12(21)19-4-3-9(6-19)11(17)20/h1-2,5,9H,3-4,6-7H2,(H2,17,20)/t9-/m1/s1. The Hall–Kier alpha value is -2.32. The predicted molar refractivity (Wildman–Crippen MR) is 69.0 cm³/mol. The van der Waals surface area contributed by atoms with Gasteiger partial charge in [-0.1, -0.05) is 0 Å². The number of hydrogen-bond donors (Lipinski definition) is 1. The summed E-state index contributed by atoms with van der Waals surface area (Å²) in [5, 5.41) is 0. The van der Waals surface area contributed by atoms with E-state index in [1.165, 1.54) is 17.0 Å². The molecular formula is C13H14F3N3O3. The summed E-state index contributed by atoms with van der Waals surface area (Å²) < 4.78 is 40.5. The largest absolute Gasteiger partial charge is 0.468 e. The van der Waals surface area contributed by atoms with Gasteiger partial charge < -0.3 is 15.4 Å². The van der Waals surface area contributed by atoms with Crippen LogP contribution in [0.2, 0.25) is 0 Å². The van der Waals surface area contributed by atoms with Crippen LogP contribution in [0.5, 0.6) is 5.88 Å². The van der Waals surface area contributed by atoms with Gasteiger partial charge in [-0.2, -0.15) is 13.2 Å². The monoisotopic (exact) mass is 317 g/mol. The predicted octanol–water partition coefficient (Wildman–Crippen LogP) is 0.970. The third-order valence-electron chi connectivity index (χ3n) is 3.24. The van der Waals surface area contributed by atoms with E-state index in [-0.39, 0.29) is 29.8 Å². The molecule has 1 saturated heterocycles. The minimum atomic E-state index is -4.45. The first-order valence-electron chi connectivity index (χ1n) is 6.50. The number of nitrogens with zero attached hydrogens (tertiary/aromatic N) is 2. The van der Waals surface area contributed by atoms with Gasteiger partial charge in [-0.15, -0.1) is 0 Å². The number of primary amides is 1. The smallest absolute Gasteiger partial charge is 0.422 e. The molecule has 0 aromatic carbocycles. The average Bonchev–Trinajstić information content (AvgIpc) is 2.94. The van der Waals surface area contributed by atoms with Crippen molar-refractivity contribution in [3.63, 3.8) is 0 Å². The average molecular weight is 317 g/mol. The van der Waals surface area contributed by atoms with Crippen molar-refractivity contribution in [2.75, 3.05) is 19.7 Å². The van der Waals surface area contributed by atoms with Gasteiger partial charge in [0.1, 0.15) is 0 Å². The fourth-order valence-corrected chi connectivity index (χ4v) is 2.11. The van der Waals surface area contributed by atoms with Crippen molar-refractivity contribution < 1.29 is 27.5 Å². The second kappa shape index (κ2) is 6.20. The summed E-state index contributed by atoms with van der Waals surface area (Å²) in [6, 6.07) is 2.53. The van der Waals surface area contributed by atoms with Gasteiger partial charge in [-0.25, -0.2) is 4.98 Å². The van der Waals surface area contributed by atoms with Gasteiger partial charge in [-0.05, 0) is 12.5 Å². The van der Waals surface area contributed by atoms with Gasteiger partial charge in [0, 0.05) is 25.4 Å². The first-order chi connectivity index (χ1) is 10.3. The maximum Gasteiger partial charge on any atom is 0.422 e. The number of carbonyl (C=O) groups excluding carboxylic acids is 2. The maximum absolute atomic E-state index is 12.2. The molecule has 1 aromatic heterocycles. The maximum atomic E-state index is 12.2. The number of rotatable bonds is 4. The van der Waals surface area contributed by atoms with Crippen molar-refractivity contribution in [1.29, 1.82) is 0 Å². The number of alkyl halides is 3. The summed E-state index contributed by atoms with van der Waals surface area (Å²) in [6.45, 7) is -0.807. The van der Waals surface area contributed by atoms with E-state index in [2.05, 4.69) is 9.72 Å². The molecule has 120 valence electrons. The molecule has 2 N–H and O–H groups in total. The first-order valence-corrected chi connectivity index (χ1v) is 6.50. The van der Waals surface area contributed by atoms with Crippen molar-refractivity contribution in [3.05, 3.63) is 23.9 Å². The highest BCUT2D eigenvalue weighted by Gasteiger charge is 2.31. The quantitative estimate of drug-likeness (QED) is 0.896. The SMILES string of the molecule is NC(=O)[C@@H]1CCN(C(=O)c2ccc(OCC(F)(F)F)nc2)C1. The van der Waals surface area contributed by atoms with E-state index >= 15 is 0 Å². The van der Waals surface area contributed by atoms with Crippen LogP contribution in [0.3, 0.4) is 0 Å². The molecule has 6 nitrogen and oxygen atoms in total. The van der Waals surface area contributed by atoms with Crippen LogP contribution in [0.4, 0.5) is 13.2 Å². The molecule has 0 aliphatic carbocycles. The summed E-state index contributed by atoms with van der Waals surface area (Å²) in [7, 11) is 0. The Morgan fingerprint density at radius 1 is 1.41 bits per heavy atom. The Labute approximate surface area is 124 Å². The minimum Gasteiger partial charge on any atom is -0.468 e. The molecule has 1 atom stereocenters. The lowest BCUT2D eigenvalue weighted by Crippen LogP contribution is -2.31. The Balaban J connectivity index is 1.96. The molecule has 1 aliphatic heterocycles. The van der Waals surface area contributed by atoms with Crippen molar-refractivity contribution in [1.82, 2.24) is 9.88 Å². The Bertz CT molecular complexity index is 560. The number of aromatic nitrogens is 1. The van der Waals surface area contributed by atoms with E-state index in [1.807, 2.05) is 0 Å². The Morgan fingerprint density at radius 2 is 2.14 bits per heavy atom. The summed E-state index contributed by atoms with van der Waals surface area (Å²) >= 11 is 0. The highest BCUT2D eigenvalue weighted by atomic mass is 19.4. The zero-order valence-electron chi connectivity index (χ0n) is 11.5. The number of pyridine rings is 1. The van der Waals surface area contributed by atoms with Gasteiger partial charge in [0.2, 0.25) is 11.8 Å².